The SMILES string of the molecule is CC1CCCCC1NC(=O)c1cc(N)ncc1Cl. The number of halogens is 1. The molecule has 18 heavy (non-hydrogen) atoms. The molecule has 3 N–H and O–H groups in total. The van der Waals surface area contributed by atoms with Crippen molar-refractivity contribution in [2.24, 2.45) is 5.92 Å². The highest BCUT2D eigenvalue weighted by Crippen LogP contribution is 2.24. The average molecular weight is 268 g/mol. The van der Waals surface area contributed by atoms with E-state index in [-0.39, 0.29) is 11.9 Å². The highest BCUT2D eigenvalue weighted by molar-refractivity contribution is 6.33. The molecule has 0 aromatic carbocycles. The Morgan fingerprint density at radius 3 is 2.94 bits per heavy atom. The van der Waals surface area contributed by atoms with Crippen LogP contribution in [0.25, 0.3) is 0 Å². The number of rotatable bonds is 2. The third-order valence-electron chi connectivity index (χ3n) is 3.55. The topological polar surface area (TPSA) is 68.0 Å². The summed E-state index contributed by atoms with van der Waals surface area (Å²) in [5, 5.41) is 3.38. The first-order valence-corrected chi connectivity index (χ1v) is 6.67. The lowest BCUT2D eigenvalue weighted by Gasteiger charge is -2.29. The molecule has 4 nitrogen and oxygen atoms in total. The summed E-state index contributed by atoms with van der Waals surface area (Å²) >= 11 is 5.97. The molecule has 1 aliphatic rings. The van der Waals surface area contributed by atoms with Crippen LogP contribution >= 0.6 is 11.6 Å². The van der Waals surface area contributed by atoms with Gasteiger partial charge in [0.1, 0.15) is 5.82 Å². The van der Waals surface area contributed by atoms with Crippen LogP contribution in [0, 0.1) is 5.92 Å². The molecular formula is C13H18ClN3O. The first-order valence-electron chi connectivity index (χ1n) is 6.30. The minimum absolute atomic E-state index is 0.159. The normalized spacial score (nSPS) is 23.7. The van der Waals surface area contributed by atoms with Crippen LogP contribution < -0.4 is 11.1 Å². The fraction of sp³-hybridized carbons (Fsp3) is 0.538. The Bertz CT molecular complexity index is 450. The van der Waals surface area contributed by atoms with E-state index in [9.17, 15) is 4.79 Å². The van der Waals surface area contributed by atoms with Crippen molar-refractivity contribution in [1.82, 2.24) is 10.3 Å². The van der Waals surface area contributed by atoms with Crippen molar-refractivity contribution < 1.29 is 4.79 Å². The predicted molar refractivity (Wildman–Crippen MR) is 72.5 cm³/mol. The number of nitrogens with two attached hydrogens (primary N) is 1. The van der Waals surface area contributed by atoms with Crippen molar-refractivity contribution in [2.45, 2.75) is 38.6 Å². The van der Waals surface area contributed by atoms with Crippen molar-refractivity contribution in [1.29, 1.82) is 0 Å². The lowest BCUT2D eigenvalue weighted by molar-refractivity contribution is 0.0910. The zero-order chi connectivity index (χ0) is 13.1. The van der Waals surface area contributed by atoms with Crippen LogP contribution in [0.1, 0.15) is 43.0 Å². The van der Waals surface area contributed by atoms with E-state index >= 15 is 0 Å². The molecule has 1 fully saturated rings. The van der Waals surface area contributed by atoms with Gasteiger partial charge in [-0.2, -0.15) is 0 Å². The number of nitrogens with zero attached hydrogens (tertiary/aromatic N) is 1. The Hall–Kier alpha value is -1.29. The third kappa shape index (κ3) is 2.93. The number of carbonyl (C=O) groups excluding carboxylic acids is 1. The minimum atomic E-state index is -0.159. The summed E-state index contributed by atoms with van der Waals surface area (Å²) in [6.07, 6.45) is 6.02. The molecule has 2 atom stereocenters. The van der Waals surface area contributed by atoms with Gasteiger partial charge in [-0.15, -0.1) is 0 Å². The minimum Gasteiger partial charge on any atom is -0.384 e. The lowest BCUT2D eigenvalue weighted by atomic mass is 9.86. The van der Waals surface area contributed by atoms with E-state index in [4.69, 9.17) is 17.3 Å². The molecule has 1 saturated carbocycles. The van der Waals surface area contributed by atoms with Crippen LogP contribution in [-0.4, -0.2) is 16.9 Å². The number of anilines is 1. The molecule has 1 amide bonds. The molecule has 98 valence electrons. The van der Waals surface area contributed by atoms with Crippen molar-refractivity contribution >= 4 is 23.3 Å². The first-order chi connectivity index (χ1) is 8.58. The molecule has 1 heterocycles. The van der Waals surface area contributed by atoms with E-state index in [0.717, 1.165) is 12.8 Å². The van der Waals surface area contributed by atoms with E-state index in [0.29, 0.717) is 22.3 Å². The zero-order valence-electron chi connectivity index (χ0n) is 10.4. The molecule has 1 aliphatic carbocycles. The molecule has 5 heteroatoms. The highest BCUT2D eigenvalue weighted by atomic mass is 35.5. The number of nitrogens with one attached hydrogen (secondary N) is 1. The second kappa shape index (κ2) is 5.57. The fourth-order valence-electron chi connectivity index (χ4n) is 2.41. The largest absolute Gasteiger partial charge is 0.384 e. The lowest BCUT2D eigenvalue weighted by Crippen LogP contribution is -2.41. The van der Waals surface area contributed by atoms with Crippen molar-refractivity contribution in [2.75, 3.05) is 5.73 Å². The number of nitrogen functional groups attached to an aromatic ring is 1. The maximum Gasteiger partial charge on any atom is 0.253 e. The molecule has 0 radical (unpaired) electrons. The molecule has 0 spiro atoms. The van der Waals surface area contributed by atoms with E-state index in [1.54, 1.807) is 0 Å². The third-order valence-corrected chi connectivity index (χ3v) is 3.85. The molecule has 0 saturated heterocycles. The summed E-state index contributed by atoms with van der Waals surface area (Å²) in [4.78, 5) is 16.0. The molecule has 2 unspecified atom stereocenters. The molecular weight excluding hydrogens is 250 g/mol. The van der Waals surface area contributed by atoms with Crippen LogP contribution in [0.3, 0.4) is 0 Å². The van der Waals surface area contributed by atoms with E-state index in [2.05, 4.69) is 17.2 Å². The van der Waals surface area contributed by atoms with E-state index in [1.165, 1.54) is 25.1 Å². The maximum absolute atomic E-state index is 12.2. The number of hydrogen-bond acceptors (Lipinski definition) is 3. The average Bonchev–Trinajstić information content (AvgIpc) is 2.35. The van der Waals surface area contributed by atoms with Gasteiger partial charge in [0.15, 0.2) is 0 Å². The highest BCUT2D eigenvalue weighted by Gasteiger charge is 2.24. The summed E-state index contributed by atoms with van der Waals surface area (Å²) in [5.74, 6) is 0.662. The first kappa shape index (κ1) is 13.1. The van der Waals surface area contributed by atoms with Gasteiger partial charge in [-0.05, 0) is 24.8 Å². The summed E-state index contributed by atoms with van der Waals surface area (Å²) in [7, 11) is 0. The van der Waals surface area contributed by atoms with Gasteiger partial charge in [0, 0.05) is 12.2 Å². The van der Waals surface area contributed by atoms with Crippen LogP contribution in [0.5, 0.6) is 0 Å². The van der Waals surface area contributed by atoms with Crippen molar-refractivity contribution in [3.8, 4) is 0 Å². The maximum atomic E-state index is 12.2. The van der Waals surface area contributed by atoms with Crippen LogP contribution in [-0.2, 0) is 0 Å². The quantitative estimate of drug-likeness (QED) is 0.866. The Kier molecular flexibility index (Phi) is 4.07. The molecule has 2 rings (SSSR count). The van der Waals surface area contributed by atoms with Gasteiger partial charge < -0.3 is 11.1 Å². The number of pyridine rings is 1. The summed E-state index contributed by atoms with van der Waals surface area (Å²) in [6, 6.07) is 1.75. The second-order valence-electron chi connectivity index (χ2n) is 4.93. The van der Waals surface area contributed by atoms with Crippen LogP contribution in [0.15, 0.2) is 12.3 Å². The Balaban J connectivity index is 2.09. The van der Waals surface area contributed by atoms with Crippen LogP contribution in [0.4, 0.5) is 5.82 Å². The Labute approximate surface area is 112 Å². The molecule has 0 aliphatic heterocycles. The smallest absolute Gasteiger partial charge is 0.253 e. The number of carbonyl (C=O) groups is 1. The molecule has 1 aromatic heterocycles. The summed E-state index contributed by atoms with van der Waals surface area (Å²) < 4.78 is 0. The van der Waals surface area contributed by atoms with Gasteiger partial charge >= 0.3 is 0 Å². The van der Waals surface area contributed by atoms with Crippen molar-refractivity contribution in [3.63, 3.8) is 0 Å². The second-order valence-corrected chi connectivity index (χ2v) is 5.34. The van der Waals surface area contributed by atoms with Gasteiger partial charge in [0.25, 0.3) is 5.91 Å². The predicted octanol–water partition coefficient (Wildman–Crippen LogP) is 2.63. The van der Waals surface area contributed by atoms with Crippen LogP contribution in [0.2, 0.25) is 5.02 Å². The van der Waals surface area contributed by atoms with Gasteiger partial charge in [-0.25, -0.2) is 4.98 Å². The standard InChI is InChI=1S/C13H18ClN3O/c1-8-4-2-3-5-11(8)17-13(18)9-6-12(15)16-7-10(9)14/h6-8,11H,2-5H2,1H3,(H2,15,16)(H,17,18). The summed E-state index contributed by atoms with van der Waals surface area (Å²) in [5.41, 5.74) is 5.98. The van der Waals surface area contributed by atoms with E-state index < -0.39 is 0 Å². The molecule has 1 aromatic rings. The van der Waals surface area contributed by atoms with Gasteiger partial charge in [-0.1, -0.05) is 31.4 Å². The monoisotopic (exact) mass is 267 g/mol. The Morgan fingerprint density at radius 2 is 2.22 bits per heavy atom. The zero-order valence-corrected chi connectivity index (χ0v) is 11.2. The number of amides is 1. The number of hydrogen-bond donors (Lipinski definition) is 2. The van der Waals surface area contributed by atoms with Gasteiger partial charge in [0.05, 0.1) is 10.6 Å². The fourth-order valence-corrected chi connectivity index (χ4v) is 2.59. The Morgan fingerprint density at radius 1 is 1.50 bits per heavy atom. The number of aromatic nitrogens is 1. The molecule has 0 bridgehead atoms. The van der Waals surface area contributed by atoms with Crippen molar-refractivity contribution in [3.05, 3.63) is 22.8 Å². The summed E-state index contributed by atoms with van der Waals surface area (Å²) in [6.45, 7) is 2.17. The van der Waals surface area contributed by atoms with Gasteiger partial charge in [0.2, 0.25) is 0 Å². The van der Waals surface area contributed by atoms with E-state index in [1.807, 2.05) is 0 Å². The van der Waals surface area contributed by atoms with Gasteiger partial charge in [-0.3, -0.25) is 4.79 Å².